The first-order valence-corrected chi connectivity index (χ1v) is 11.7. The highest BCUT2D eigenvalue weighted by Gasteiger charge is 2.16. The van der Waals surface area contributed by atoms with E-state index < -0.39 is 0 Å². The van der Waals surface area contributed by atoms with Crippen LogP contribution < -0.4 is 0 Å². The molecule has 29 heavy (non-hydrogen) atoms. The Bertz CT molecular complexity index is 448. The molecule has 0 fully saturated rings. The van der Waals surface area contributed by atoms with E-state index in [9.17, 15) is 9.59 Å². The van der Waals surface area contributed by atoms with Crippen LogP contribution in [0.1, 0.15) is 112 Å². The number of carbonyl (C=O) groups excluding carboxylic acids is 2. The van der Waals surface area contributed by atoms with E-state index in [1.54, 1.807) is 0 Å². The number of rotatable bonds is 17. The summed E-state index contributed by atoms with van der Waals surface area (Å²) in [6.45, 7) is 11.7. The van der Waals surface area contributed by atoms with Crippen LogP contribution in [0.3, 0.4) is 0 Å². The summed E-state index contributed by atoms with van der Waals surface area (Å²) >= 11 is 0. The van der Waals surface area contributed by atoms with Crippen molar-refractivity contribution in [1.29, 1.82) is 0 Å². The van der Waals surface area contributed by atoms with Gasteiger partial charge in [0.2, 0.25) is 0 Å². The summed E-state index contributed by atoms with van der Waals surface area (Å²) in [6, 6.07) is 0. The second kappa shape index (κ2) is 17.5. The van der Waals surface area contributed by atoms with Crippen LogP contribution in [-0.4, -0.2) is 25.2 Å². The molecule has 0 aromatic carbocycles. The van der Waals surface area contributed by atoms with Gasteiger partial charge in [-0.05, 0) is 37.0 Å². The molecule has 0 heterocycles. The van der Waals surface area contributed by atoms with Crippen molar-refractivity contribution >= 4 is 11.9 Å². The number of esters is 2. The van der Waals surface area contributed by atoms with Crippen molar-refractivity contribution in [3.8, 4) is 0 Å². The summed E-state index contributed by atoms with van der Waals surface area (Å²) in [6.07, 6.45) is 16.2. The Morgan fingerprint density at radius 1 is 0.828 bits per heavy atom. The van der Waals surface area contributed by atoms with E-state index in [0.29, 0.717) is 25.6 Å². The number of allylic oxidation sites excluding steroid dienone is 1. The lowest BCUT2D eigenvalue weighted by Crippen LogP contribution is -2.17. The highest BCUT2D eigenvalue weighted by molar-refractivity contribution is 5.72. The fourth-order valence-electron chi connectivity index (χ4n) is 3.41. The Morgan fingerprint density at radius 2 is 1.41 bits per heavy atom. The third-order valence-corrected chi connectivity index (χ3v) is 4.73. The summed E-state index contributed by atoms with van der Waals surface area (Å²) in [5.41, 5.74) is 0.234. The minimum Gasteiger partial charge on any atom is -0.465 e. The molecule has 1 atom stereocenters. The highest BCUT2D eigenvalue weighted by Crippen LogP contribution is 2.24. The number of hydrogen-bond acceptors (Lipinski definition) is 4. The summed E-state index contributed by atoms with van der Waals surface area (Å²) in [5.74, 6) is -0.135. The van der Waals surface area contributed by atoms with Gasteiger partial charge in [-0.2, -0.15) is 0 Å². The Kier molecular flexibility index (Phi) is 16.7. The minimum absolute atomic E-state index is 0.229. The summed E-state index contributed by atoms with van der Waals surface area (Å²) in [7, 11) is 0. The van der Waals surface area contributed by atoms with Gasteiger partial charge in [0, 0.05) is 12.8 Å². The van der Waals surface area contributed by atoms with Gasteiger partial charge in [-0.25, -0.2) is 0 Å². The van der Waals surface area contributed by atoms with Crippen molar-refractivity contribution in [2.75, 3.05) is 13.2 Å². The number of hydrogen-bond donors (Lipinski definition) is 0. The van der Waals surface area contributed by atoms with Gasteiger partial charge in [0.1, 0.15) is 6.61 Å². The van der Waals surface area contributed by atoms with Crippen molar-refractivity contribution in [1.82, 2.24) is 0 Å². The number of ether oxygens (including phenoxy) is 2. The fraction of sp³-hybridized carbons (Fsp3) is 0.840. The molecule has 0 rings (SSSR count). The first kappa shape index (κ1) is 27.7. The monoisotopic (exact) mass is 410 g/mol. The maximum absolute atomic E-state index is 11.8. The van der Waals surface area contributed by atoms with Crippen molar-refractivity contribution in [3.05, 3.63) is 12.2 Å². The molecular formula is C25H46O4. The van der Waals surface area contributed by atoms with Crippen LogP contribution in [0.4, 0.5) is 0 Å². The Labute approximate surface area is 179 Å². The van der Waals surface area contributed by atoms with E-state index in [0.717, 1.165) is 12.8 Å². The Morgan fingerprint density at radius 3 is 2.03 bits per heavy atom. The molecule has 0 bridgehead atoms. The molecule has 0 aromatic rings. The second-order valence-electron chi connectivity index (χ2n) is 9.47. The van der Waals surface area contributed by atoms with Crippen LogP contribution in [0.15, 0.2) is 12.2 Å². The SMILES string of the molecule is CCCCCCCCC/C=C/COC(=O)CCCC(=O)OCC(C)CC(C)(C)C. The number of unbranched alkanes of at least 4 members (excludes halogenated alkanes) is 7. The van der Waals surface area contributed by atoms with E-state index >= 15 is 0 Å². The predicted molar refractivity (Wildman–Crippen MR) is 121 cm³/mol. The van der Waals surface area contributed by atoms with Crippen LogP contribution in [-0.2, 0) is 19.1 Å². The average Bonchev–Trinajstić information content (AvgIpc) is 2.63. The van der Waals surface area contributed by atoms with Gasteiger partial charge < -0.3 is 9.47 Å². The zero-order chi connectivity index (χ0) is 22.0. The van der Waals surface area contributed by atoms with E-state index in [2.05, 4.69) is 40.7 Å². The second-order valence-corrected chi connectivity index (χ2v) is 9.47. The molecule has 0 saturated carbocycles. The van der Waals surface area contributed by atoms with Crippen molar-refractivity contribution < 1.29 is 19.1 Å². The smallest absolute Gasteiger partial charge is 0.306 e. The Hall–Kier alpha value is -1.32. The first-order valence-electron chi connectivity index (χ1n) is 11.7. The van der Waals surface area contributed by atoms with Crippen LogP contribution in [0.5, 0.6) is 0 Å². The maximum atomic E-state index is 11.8. The summed E-state index contributed by atoms with van der Waals surface area (Å²) in [5, 5.41) is 0. The van der Waals surface area contributed by atoms with E-state index in [1.807, 2.05) is 6.08 Å². The number of carbonyl (C=O) groups is 2. The Balaban J connectivity index is 3.56. The van der Waals surface area contributed by atoms with E-state index in [-0.39, 0.29) is 30.2 Å². The van der Waals surface area contributed by atoms with Gasteiger partial charge in [-0.1, -0.05) is 85.3 Å². The van der Waals surface area contributed by atoms with Crippen LogP contribution >= 0.6 is 0 Å². The third-order valence-electron chi connectivity index (χ3n) is 4.73. The van der Waals surface area contributed by atoms with Crippen molar-refractivity contribution in [2.45, 2.75) is 112 Å². The standard InChI is InChI=1S/C25H46O4/c1-6-7-8-9-10-11-12-13-14-15-19-28-23(26)17-16-18-24(27)29-21-22(2)20-25(3,4)5/h14-15,22H,6-13,16-21H2,1-5H3/b15-14+. The van der Waals surface area contributed by atoms with Gasteiger partial charge in [0.05, 0.1) is 6.61 Å². The van der Waals surface area contributed by atoms with Crippen LogP contribution in [0.25, 0.3) is 0 Å². The van der Waals surface area contributed by atoms with E-state index in [1.165, 1.54) is 44.9 Å². The quantitative estimate of drug-likeness (QED) is 0.147. The molecule has 0 saturated heterocycles. The molecular weight excluding hydrogens is 364 g/mol. The van der Waals surface area contributed by atoms with Gasteiger partial charge in [0.15, 0.2) is 0 Å². The van der Waals surface area contributed by atoms with E-state index in [4.69, 9.17) is 9.47 Å². The minimum atomic E-state index is -0.250. The molecule has 4 heteroatoms. The molecule has 1 unspecified atom stereocenters. The third kappa shape index (κ3) is 21.2. The van der Waals surface area contributed by atoms with Gasteiger partial charge >= 0.3 is 11.9 Å². The average molecular weight is 411 g/mol. The lowest BCUT2D eigenvalue weighted by atomic mass is 9.86. The molecule has 0 spiro atoms. The van der Waals surface area contributed by atoms with Gasteiger partial charge in [0.25, 0.3) is 0 Å². The molecule has 0 radical (unpaired) electrons. The zero-order valence-corrected chi connectivity index (χ0v) is 19.8. The normalized spacial score (nSPS) is 12.9. The fourth-order valence-corrected chi connectivity index (χ4v) is 3.41. The molecule has 0 N–H and O–H groups in total. The van der Waals surface area contributed by atoms with Crippen LogP contribution in [0, 0.1) is 11.3 Å². The highest BCUT2D eigenvalue weighted by atomic mass is 16.5. The van der Waals surface area contributed by atoms with Gasteiger partial charge in [-0.15, -0.1) is 0 Å². The molecule has 170 valence electrons. The lowest BCUT2D eigenvalue weighted by Gasteiger charge is -2.22. The molecule has 0 amide bonds. The molecule has 0 aliphatic carbocycles. The molecule has 0 aliphatic rings. The van der Waals surface area contributed by atoms with Gasteiger partial charge in [-0.3, -0.25) is 9.59 Å². The topological polar surface area (TPSA) is 52.6 Å². The first-order chi connectivity index (χ1) is 13.7. The molecule has 0 aromatic heterocycles. The lowest BCUT2D eigenvalue weighted by molar-refractivity contribution is -0.146. The largest absolute Gasteiger partial charge is 0.465 e. The zero-order valence-electron chi connectivity index (χ0n) is 19.8. The van der Waals surface area contributed by atoms with Crippen molar-refractivity contribution in [2.24, 2.45) is 11.3 Å². The maximum Gasteiger partial charge on any atom is 0.306 e. The molecule has 4 nitrogen and oxygen atoms in total. The summed E-state index contributed by atoms with van der Waals surface area (Å²) < 4.78 is 10.5. The van der Waals surface area contributed by atoms with Crippen molar-refractivity contribution in [3.63, 3.8) is 0 Å². The summed E-state index contributed by atoms with van der Waals surface area (Å²) in [4.78, 5) is 23.5. The molecule has 0 aliphatic heterocycles. The van der Waals surface area contributed by atoms with Crippen LogP contribution in [0.2, 0.25) is 0 Å². The predicted octanol–water partition coefficient (Wildman–Crippen LogP) is 7.01.